The van der Waals surface area contributed by atoms with Crippen molar-refractivity contribution in [3.05, 3.63) is 53.6 Å². The number of carbonyl (C=O) groups is 1. The van der Waals surface area contributed by atoms with Crippen LogP contribution in [0.3, 0.4) is 0 Å². The SMILES string of the molecule is Cc1c(C(=O)N2CC[C@@](O)(CN3CCOCC3)C2)cccc1-c1ccc(OC(F)(F)F)cc1. The monoisotopic (exact) mass is 464 g/mol. The van der Waals surface area contributed by atoms with Gasteiger partial charge in [0.15, 0.2) is 0 Å². The van der Waals surface area contributed by atoms with Gasteiger partial charge >= 0.3 is 6.36 Å². The van der Waals surface area contributed by atoms with Gasteiger partial charge in [-0.05, 0) is 48.2 Å². The van der Waals surface area contributed by atoms with E-state index >= 15 is 0 Å². The number of aliphatic hydroxyl groups is 1. The number of amides is 1. The summed E-state index contributed by atoms with van der Waals surface area (Å²) in [7, 11) is 0. The van der Waals surface area contributed by atoms with Crippen molar-refractivity contribution in [2.45, 2.75) is 25.3 Å². The van der Waals surface area contributed by atoms with Crippen molar-refractivity contribution in [2.75, 3.05) is 45.9 Å². The van der Waals surface area contributed by atoms with E-state index in [0.717, 1.165) is 24.2 Å². The summed E-state index contributed by atoms with van der Waals surface area (Å²) in [4.78, 5) is 17.1. The lowest BCUT2D eigenvalue weighted by molar-refractivity contribution is -0.274. The number of hydrogen-bond donors (Lipinski definition) is 1. The molecule has 0 aliphatic carbocycles. The van der Waals surface area contributed by atoms with Crippen molar-refractivity contribution in [3.63, 3.8) is 0 Å². The Bertz CT molecular complexity index is 990. The number of benzene rings is 2. The molecule has 2 fully saturated rings. The first-order chi connectivity index (χ1) is 15.6. The first-order valence-corrected chi connectivity index (χ1v) is 10.9. The van der Waals surface area contributed by atoms with Gasteiger partial charge in [-0.1, -0.05) is 24.3 Å². The molecule has 33 heavy (non-hydrogen) atoms. The lowest BCUT2D eigenvalue weighted by Crippen LogP contribution is -2.49. The molecule has 2 aromatic carbocycles. The first-order valence-electron chi connectivity index (χ1n) is 10.9. The molecule has 0 spiro atoms. The van der Waals surface area contributed by atoms with Crippen LogP contribution in [-0.4, -0.2) is 78.7 Å². The van der Waals surface area contributed by atoms with Crippen molar-refractivity contribution < 1.29 is 32.5 Å². The van der Waals surface area contributed by atoms with E-state index in [-0.39, 0.29) is 18.2 Å². The molecular formula is C24H27F3N2O4. The van der Waals surface area contributed by atoms with E-state index in [9.17, 15) is 23.1 Å². The molecule has 0 bridgehead atoms. The van der Waals surface area contributed by atoms with Gasteiger partial charge in [-0.15, -0.1) is 13.2 Å². The standard InChI is InChI=1S/C24H27F3N2O4/c1-17-20(18-5-7-19(8-6-18)33-24(25,26)27)3-2-4-21(17)22(30)29-10-9-23(31,16-29)15-28-11-13-32-14-12-28/h2-8,31H,9-16H2,1H3/t23-/m1/s1. The summed E-state index contributed by atoms with van der Waals surface area (Å²) in [6.07, 6.45) is -4.24. The van der Waals surface area contributed by atoms with Crippen LogP contribution in [0.15, 0.2) is 42.5 Å². The van der Waals surface area contributed by atoms with Crippen LogP contribution < -0.4 is 4.74 Å². The normalized spacial score (nSPS) is 21.9. The minimum Gasteiger partial charge on any atom is -0.406 e. The molecule has 0 saturated carbocycles. The number of ether oxygens (including phenoxy) is 2. The number of alkyl halides is 3. The molecule has 6 nitrogen and oxygen atoms in total. The molecule has 1 atom stereocenters. The van der Waals surface area contributed by atoms with Gasteiger partial charge in [-0.2, -0.15) is 0 Å². The molecule has 2 saturated heterocycles. The Morgan fingerprint density at radius 2 is 1.82 bits per heavy atom. The fraction of sp³-hybridized carbons (Fsp3) is 0.458. The van der Waals surface area contributed by atoms with Gasteiger partial charge in [-0.25, -0.2) is 0 Å². The second kappa shape index (κ2) is 9.32. The third-order valence-electron chi connectivity index (χ3n) is 6.20. The molecular weight excluding hydrogens is 437 g/mol. The second-order valence-corrected chi connectivity index (χ2v) is 8.64. The third kappa shape index (κ3) is 5.66. The summed E-state index contributed by atoms with van der Waals surface area (Å²) in [5, 5.41) is 11.0. The molecule has 2 aliphatic rings. The highest BCUT2D eigenvalue weighted by Crippen LogP contribution is 2.31. The quantitative estimate of drug-likeness (QED) is 0.735. The highest BCUT2D eigenvalue weighted by Gasteiger charge is 2.40. The summed E-state index contributed by atoms with van der Waals surface area (Å²) >= 11 is 0. The van der Waals surface area contributed by atoms with Gasteiger partial charge < -0.3 is 19.5 Å². The average molecular weight is 464 g/mol. The zero-order valence-electron chi connectivity index (χ0n) is 18.4. The van der Waals surface area contributed by atoms with Gasteiger partial charge in [0.2, 0.25) is 0 Å². The van der Waals surface area contributed by atoms with E-state index in [1.807, 2.05) is 13.0 Å². The molecule has 2 heterocycles. The van der Waals surface area contributed by atoms with Crippen LogP contribution in [0, 0.1) is 6.92 Å². The zero-order chi connectivity index (χ0) is 23.6. The summed E-state index contributed by atoms with van der Waals surface area (Å²) in [6.45, 7) is 5.88. The lowest BCUT2D eigenvalue weighted by Gasteiger charge is -2.33. The summed E-state index contributed by atoms with van der Waals surface area (Å²) in [5.74, 6) is -0.461. The zero-order valence-corrected chi connectivity index (χ0v) is 18.4. The van der Waals surface area contributed by atoms with Gasteiger partial charge in [0, 0.05) is 31.7 Å². The average Bonchev–Trinajstić information content (AvgIpc) is 3.15. The maximum absolute atomic E-state index is 13.3. The Hall–Kier alpha value is -2.62. The number of hydrogen-bond acceptors (Lipinski definition) is 5. The van der Waals surface area contributed by atoms with E-state index in [1.165, 1.54) is 24.3 Å². The number of rotatable bonds is 5. The predicted octanol–water partition coefficient (Wildman–Crippen LogP) is 3.47. The highest BCUT2D eigenvalue weighted by molar-refractivity contribution is 5.97. The molecule has 9 heteroatoms. The molecule has 2 aromatic rings. The van der Waals surface area contributed by atoms with Crippen LogP contribution in [0.4, 0.5) is 13.2 Å². The highest BCUT2D eigenvalue weighted by atomic mass is 19.4. The van der Waals surface area contributed by atoms with Crippen LogP contribution in [0.25, 0.3) is 11.1 Å². The molecule has 1 amide bonds. The molecule has 0 unspecified atom stereocenters. The molecule has 1 N–H and O–H groups in total. The van der Waals surface area contributed by atoms with E-state index in [1.54, 1.807) is 17.0 Å². The van der Waals surface area contributed by atoms with Crippen molar-refractivity contribution in [3.8, 4) is 16.9 Å². The number of likely N-dealkylation sites (tertiary alicyclic amines) is 1. The number of β-amino-alcohol motifs (C(OH)–C–C–N with tert-alkyl or cyclic N) is 1. The number of carbonyl (C=O) groups excluding carboxylic acids is 1. The Labute approximate surface area is 190 Å². The smallest absolute Gasteiger partial charge is 0.406 e. The molecule has 178 valence electrons. The van der Waals surface area contributed by atoms with Gasteiger partial charge in [0.1, 0.15) is 5.75 Å². The minimum atomic E-state index is -4.75. The number of morpholine rings is 1. The summed E-state index contributed by atoms with van der Waals surface area (Å²) < 4.78 is 46.5. The van der Waals surface area contributed by atoms with Crippen molar-refractivity contribution in [2.24, 2.45) is 0 Å². The number of nitrogens with zero attached hydrogens (tertiary/aromatic N) is 2. The Balaban J connectivity index is 1.47. The third-order valence-corrected chi connectivity index (χ3v) is 6.20. The van der Waals surface area contributed by atoms with E-state index < -0.39 is 12.0 Å². The molecule has 0 radical (unpaired) electrons. The summed E-state index contributed by atoms with van der Waals surface area (Å²) in [6, 6.07) is 10.9. The molecule has 0 aromatic heterocycles. The van der Waals surface area contributed by atoms with Crippen LogP contribution >= 0.6 is 0 Å². The summed E-state index contributed by atoms with van der Waals surface area (Å²) in [5.41, 5.74) is 1.73. The maximum atomic E-state index is 13.3. The Kier molecular flexibility index (Phi) is 6.65. The van der Waals surface area contributed by atoms with Gasteiger partial charge in [0.25, 0.3) is 5.91 Å². The van der Waals surface area contributed by atoms with Gasteiger partial charge in [0.05, 0.1) is 25.4 Å². The molecule has 2 aliphatic heterocycles. The largest absolute Gasteiger partial charge is 0.573 e. The Morgan fingerprint density at radius 1 is 1.12 bits per heavy atom. The van der Waals surface area contributed by atoms with Crippen LogP contribution in [-0.2, 0) is 4.74 Å². The van der Waals surface area contributed by atoms with Gasteiger partial charge in [-0.3, -0.25) is 9.69 Å². The van der Waals surface area contributed by atoms with Crippen LogP contribution in [0.5, 0.6) is 5.75 Å². The minimum absolute atomic E-state index is 0.163. The molecule has 4 rings (SSSR count). The van der Waals surface area contributed by atoms with Crippen LogP contribution in [0.2, 0.25) is 0 Å². The van der Waals surface area contributed by atoms with Crippen molar-refractivity contribution >= 4 is 5.91 Å². The fourth-order valence-electron chi connectivity index (χ4n) is 4.52. The first kappa shape index (κ1) is 23.5. The fourth-order valence-corrected chi connectivity index (χ4v) is 4.52. The van der Waals surface area contributed by atoms with E-state index in [4.69, 9.17) is 4.74 Å². The number of halogens is 3. The van der Waals surface area contributed by atoms with Crippen molar-refractivity contribution in [1.29, 1.82) is 0 Å². The van der Waals surface area contributed by atoms with E-state index in [2.05, 4.69) is 9.64 Å². The predicted molar refractivity (Wildman–Crippen MR) is 116 cm³/mol. The Morgan fingerprint density at radius 3 is 2.48 bits per heavy atom. The second-order valence-electron chi connectivity index (χ2n) is 8.64. The van der Waals surface area contributed by atoms with Crippen LogP contribution in [0.1, 0.15) is 22.3 Å². The van der Waals surface area contributed by atoms with Crippen molar-refractivity contribution in [1.82, 2.24) is 9.80 Å². The maximum Gasteiger partial charge on any atom is 0.573 e. The van der Waals surface area contributed by atoms with E-state index in [0.29, 0.717) is 43.9 Å². The lowest BCUT2D eigenvalue weighted by atomic mass is 9.95. The topological polar surface area (TPSA) is 62.2 Å².